The molecule has 0 atom stereocenters. The Kier molecular flexibility index (Phi) is 3.57. The minimum atomic E-state index is 0.291. The third-order valence-electron chi connectivity index (χ3n) is 3.96. The number of para-hydroxylation sites is 2. The molecule has 4 aromatic rings. The number of anilines is 2. The molecule has 0 radical (unpaired) electrons. The molecular formula is C19H17N5O. The lowest BCUT2D eigenvalue weighted by atomic mass is 10.1. The van der Waals surface area contributed by atoms with Crippen molar-refractivity contribution in [1.29, 1.82) is 0 Å². The predicted octanol–water partition coefficient (Wildman–Crippen LogP) is 3.60. The number of fused-ring (bicyclic) bond motifs is 1. The van der Waals surface area contributed by atoms with Gasteiger partial charge in [-0.25, -0.2) is 15.0 Å². The van der Waals surface area contributed by atoms with E-state index in [0.29, 0.717) is 23.0 Å². The first-order valence-corrected chi connectivity index (χ1v) is 7.88. The van der Waals surface area contributed by atoms with Crippen LogP contribution in [0.25, 0.3) is 33.9 Å². The molecule has 0 spiro atoms. The quantitative estimate of drug-likeness (QED) is 0.618. The first-order chi connectivity index (χ1) is 12.1. The van der Waals surface area contributed by atoms with Gasteiger partial charge in [-0.05, 0) is 24.3 Å². The van der Waals surface area contributed by atoms with Gasteiger partial charge >= 0.3 is 0 Å². The second-order valence-corrected chi connectivity index (χ2v) is 5.92. The number of aromatic nitrogens is 3. The molecule has 2 aromatic heterocycles. The van der Waals surface area contributed by atoms with E-state index in [2.05, 4.69) is 21.0 Å². The number of benzene rings is 2. The summed E-state index contributed by atoms with van der Waals surface area (Å²) in [6, 6.07) is 15.6. The van der Waals surface area contributed by atoms with Crippen LogP contribution >= 0.6 is 0 Å². The number of nitrogens with zero attached hydrogens (tertiary/aromatic N) is 4. The van der Waals surface area contributed by atoms with Crippen molar-refractivity contribution in [3.63, 3.8) is 0 Å². The number of hydrogen-bond acceptors (Lipinski definition) is 6. The zero-order chi connectivity index (χ0) is 17.4. The van der Waals surface area contributed by atoms with Crippen molar-refractivity contribution in [2.45, 2.75) is 0 Å². The van der Waals surface area contributed by atoms with Crippen LogP contribution in [0.15, 0.2) is 59.1 Å². The van der Waals surface area contributed by atoms with Crippen LogP contribution in [0.5, 0.6) is 0 Å². The maximum absolute atomic E-state index is 6.02. The van der Waals surface area contributed by atoms with Crippen LogP contribution in [0.2, 0.25) is 0 Å². The second-order valence-electron chi connectivity index (χ2n) is 5.92. The van der Waals surface area contributed by atoms with Gasteiger partial charge in [0.2, 0.25) is 5.89 Å². The van der Waals surface area contributed by atoms with Crippen molar-refractivity contribution < 1.29 is 4.42 Å². The number of nitrogens with two attached hydrogens (primary N) is 1. The monoisotopic (exact) mass is 331 g/mol. The van der Waals surface area contributed by atoms with Crippen molar-refractivity contribution in [2.75, 3.05) is 24.7 Å². The molecule has 0 aliphatic rings. The van der Waals surface area contributed by atoms with Crippen molar-refractivity contribution in [3.8, 4) is 22.8 Å². The van der Waals surface area contributed by atoms with E-state index in [9.17, 15) is 0 Å². The molecule has 2 heterocycles. The van der Waals surface area contributed by atoms with Crippen molar-refractivity contribution in [3.05, 3.63) is 54.7 Å². The Morgan fingerprint density at radius 3 is 2.64 bits per heavy atom. The first-order valence-electron chi connectivity index (χ1n) is 7.88. The molecule has 2 aromatic carbocycles. The maximum Gasteiger partial charge on any atom is 0.250 e. The highest BCUT2D eigenvalue weighted by atomic mass is 16.3. The maximum atomic E-state index is 6.02. The molecule has 0 unspecified atom stereocenters. The Hall–Kier alpha value is -3.41. The van der Waals surface area contributed by atoms with E-state index in [-0.39, 0.29) is 0 Å². The molecule has 0 aliphatic carbocycles. The van der Waals surface area contributed by atoms with Gasteiger partial charge in [-0.15, -0.1) is 0 Å². The summed E-state index contributed by atoms with van der Waals surface area (Å²) in [5, 5.41) is 0. The Labute approximate surface area is 145 Å². The topological polar surface area (TPSA) is 81.1 Å². The summed E-state index contributed by atoms with van der Waals surface area (Å²) in [5.41, 5.74) is 10.7. The largest absolute Gasteiger partial charge is 0.435 e. The molecule has 0 fully saturated rings. The van der Waals surface area contributed by atoms with E-state index in [1.807, 2.05) is 61.5 Å². The fourth-order valence-corrected chi connectivity index (χ4v) is 2.61. The van der Waals surface area contributed by atoms with Gasteiger partial charge in [-0.3, -0.25) is 0 Å². The number of oxazole rings is 1. The highest BCUT2D eigenvalue weighted by molar-refractivity contribution is 5.78. The SMILES string of the molecule is CN(C)c1cccc(-c2cnc(N)c(-c3nc4ccccc4o3)n2)c1. The molecule has 124 valence electrons. The fourth-order valence-electron chi connectivity index (χ4n) is 2.61. The van der Waals surface area contributed by atoms with Gasteiger partial charge in [-0.2, -0.15) is 0 Å². The molecule has 6 heteroatoms. The third kappa shape index (κ3) is 2.78. The van der Waals surface area contributed by atoms with Crippen molar-refractivity contribution in [2.24, 2.45) is 0 Å². The van der Waals surface area contributed by atoms with Crippen LogP contribution in [0.4, 0.5) is 11.5 Å². The summed E-state index contributed by atoms with van der Waals surface area (Å²) in [6.07, 6.45) is 1.66. The zero-order valence-electron chi connectivity index (χ0n) is 14.0. The average molecular weight is 331 g/mol. The Balaban J connectivity index is 1.82. The zero-order valence-corrected chi connectivity index (χ0v) is 14.0. The number of hydrogen-bond donors (Lipinski definition) is 1. The van der Waals surface area contributed by atoms with Crippen LogP contribution in [-0.2, 0) is 0 Å². The molecule has 0 saturated heterocycles. The van der Waals surface area contributed by atoms with Crippen LogP contribution < -0.4 is 10.6 Å². The van der Waals surface area contributed by atoms with Gasteiger partial charge in [0.1, 0.15) is 5.52 Å². The molecular weight excluding hydrogens is 314 g/mol. The van der Waals surface area contributed by atoms with Crippen molar-refractivity contribution >= 4 is 22.6 Å². The molecule has 0 saturated carbocycles. The highest BCUT2D eigenvalue weighted by Gasteiger charge is 2.15. The molecule has 0 bridgehead atoms. The lowest BCUT2D eigenvalue weighted by Crippen LogP contribution is -2.08. The van der Waals surface area contributed by atoms with E-state index in [4.69, 9.17) is 10.2 Å². The smallest absolute Gasteiger partial charge is 0.250 e. The van der Waals surface area contributed by atoms with Gasteiger partial charge < -0.3 is 15.1 Å². The first kappa shape index (κ1) is 15.1. The van der Waals surface area contributed by atoms with Crippen molar-refractivity contribution in [1.82, 2.24) is 15.0 Å². The Morgan fingerprint density at radius 2 is 1.84 bits per heavy atom. The highest BCUT2D eigenvalue weighted by Crippen LogP contribution is 2.29. The molecule has 25 heavy (non-hydrogen) atoms. The van der Waals surface area contributed by atoms with Gasteiger partial charge in [0.15, 0.2) is 17.1 Å². The van der Waals surface area contributed by atoms with Crippen LogP contribution in [0.3, 0.4) is 0 Å². The van der Waals surface area contributed by atoms with E-state index in [0.717, 1.165) is 22.5 Å². The third-order valence-corrected chi connectivity index (χ3v) is 3.96. The lowest BCUT2D eigenvalue weighted by molar-refractivity contribution is 0.617. The van der Waals surface area contributed by atoms with E-state index in [1.54, 1.807) is 6.20 Å². The summed E-state index contributed by atoms with van der Waals surface area (Å²) in [7, 11) is 4.00. The van der Waals surface area contributed by atoms with E-state index < -0.39 is 0 Å². The minimum Gasteiger partial charge on any atom is -0.435 e. The summed E-state index contributed by atoms with van der Waals surface area (Å²) < 4.78 is 5.79. The normalized spacial score (nSPS) is 11.0. The van der Waals surface area contributed by atoms with Gasteiger partial charge in [0, 0.05) is 25.3 Å². The standard InChI is InChI=1S/C19H17N5O/c1-24(2)13-7-5-6-12(10-13)15-11-21-18(20)17(22-15)19-23-14-8-3-4-9-16(14)25-19/h3-11H,1-2H3,(H2,20,21). The Bertz CT molecular complexity index is 1020. The summed E-state index contributed by atoms with van der Waals surface area (Å²) in [5.74, 6) is 0.663. The average Bonchev–Trinajstić information content (AvgIpc) is 3.06. The minimum absolute atomic E-state index is 0.291. The molecule has 0 amide bonds. The van der Waals surface area contributed by atoms with E-state index in [1.165, 1.54) is 0 Å². The van der Waals surface area contributed by atoms with Crippen LogP contribution in [-0.4, -0.2) is 29.0 Å². The predicted molar refractivity (Wildman–Crippen MR) is 99.2 cm³/mol. The fraction of sp³-hybridized carbons (Fsp3) is 0.105. The molecule has 4 rings (SSSR count). The Morgan fingerprint density at radius 1 is 1.00 bits per heavy atom. The van der Waals surface area contributed by atoms with Gasteiger partial charge in [0.05, 0.1) is 11.9 Å². The summed E-state index contributed by atoms with van der Waals surface area (Å²) in [4.78, 5) is 15.4. The summed E-state index contributed by atoms with van der Waals surface area (Å²) >= 11 is 0. The molecule has 2 N–H and O–H groups in total. The second kappa shape index (κ2) is 5.90. The number of nitrogen functional groups attached to an aromatic ring is 1. The lowest BCUT2D eigenvalue weighted by Gasteiger charge is -2.13. The van der Waals surface area contributed by atoms with Crippen LogP contribution in [0.1, 0.15) is 0 Å². The molecule has 6 nitrogen and oxygen atoms in total. The molecule has 0 aliphatic heterocycles. The number of rotatable bonds is 3. The van der Waals surface area contributed by atoms with E-state index >= 15 is 0 Å². The van der Waals surface area contributed by atoms with Gasteiger partial charge in [-0.1, -0.05) is 24.3 Å². The summed E-state index contributed by atoms with van der Waals surface area (Å²) in [6.45, 7) is 0. The van der Waals surface area contributed by atoms with Gasteiger partial charge in [0.25, 0.3) is 0 Å². The van der Waals surface area contributed by atoms with Crippen LogP contribution in [0, 0.1) is 0 Å².